The molecule has 0 bridgehead atoms. The van der Waals surface area contributed by atoms with Gasteiger partial charge in [-0.15, -0.1) is 0 Å². The SMILES string of the molecule is Nc1cc(F)cc(NC(=O)Cc2cccc(Br)c2)c1. The molecule has 0 spiro atoms. The Hall–Kier alpha value is -1.88. The molecule has 3 N–H and O–H groups in total. The van der Waals surface area contributed by atoms with E-state index < -0.39 is 5.82 Å². The van der Waals surface area contributed by atoms with Crippen LogP contribution in [0.25, 0.3) is 0 Å². The van der Waals surface area contributed by atoms with E-state index >= 15 is 0 Å². The first-order chi connectivity index (χ1) is 9.02. The van der Waals surface area contributed by atoms with Gasteiger partial charge in [-0.25, -0.2) is 4.39 Å². The van der Waals surface area contributed by atoms with E-state index in [1.165, 1.54) is 18.2 Å². The molecular formula is C14H12BrFN2O. The van der Waals surface area contributed by atoms with Gasteiger partial charge in [-0.1, -0.05) is 28.1 Å². The molecule has 0 unspecified atom stereocenters. The van der Waals surface area contributed by atoms with Crippen molar-refractivity contribution in [2.45, 2.75) is 6.42 Å². The summed E-state index contributed by atoms with van der Waals surface area (Å²) in [7, 11) is 0. The van der Waals surface area contributed by atoms with E-state index in [0.29, 0.717) is 5.69 Å². The lowest BCUT2D eigenvalue weighted by Gasteiger charge is -2.07. The second kappa shape index (κ2) is 5.84. The van der Waals surface area contributed by atoms with Crippen LogP contribution in [0.15, 0.2) is 46.9 Å². The first kappa shape index (κ1) is 13.5. The van der Waals surface area contributed by atoms with Crippen LogP contribution in [0.5, 0.6) is 0 Å². The maximum Gasteiger partial charge on any atom is 0.228 e. The number of amides is 1. The monoisotopic (exact) mass is 322 g/mol. The van der Waals surface area contributed by atoms with Crippen molar-refractivity contribution in [2.75, 3.05) is 11.1 Å². The van der Waals surface area contributed by atoms with Crippen LogP contribution in [0, 0.1) is 5.82 Å². The molecule has 98 valence electrons. The van der Waals surface area contributed by atoms with Crippen LogP contribution in [-0.4, -0.2) is 5.91 Å². The summed E-state index contributed by atoms with van der Waals surface area (Å²) in [5.74, 6) is -0.694. The fourth-order valence-corrected chi connectivity index (χ4v) is 2.17. The maximum atomic E-state index is 13.1. The highest BCUT2D eigenvalue weighted by Gasteiger charge is 2.06. The highest BCUT2D eigenvalue weighted by atomic mass is 79.9. The summed E-state index contributed by atoms with van der Waals surface area (Å²) in [4.78, 5) is 11.8. The molecule has 0 radical (unpaired) electrons. The van der Waals surface area contributed by atoms with Gasteiger partial charge < -0.3 is 11.1 Å². The van der Waals surface area contributed by atoms with Gasteiger partial charge in [0, 0.05) is 15.8 Å². The highest BCUT2D eigenvalue weighted by Crippen LogP contribution is 2.16. The highest BCUT2D eigenvalue weighted by molar-refractivity contribution is 9.10. The summed E-state index contributed by atoms with van der Waals surface area (Å²) < 4.78 is 14.0. The summed E-state index contributed by atoms with van der Waals surface area (Å²) in [6.45, 7) is 0. The topological polar surface area (TPSA) is 55.1 Å². The number of nitrogens with one attached hydrogen (secondary N) is 1. The summed E-state index contributed by atoms with van der Waals surface area (Å²) in [5, 5.41) is 2.62. The summed E-state index contributed by atoms with van der Waals surface area (Å²) in [5.41, 5.74) is 7.02. The minimum absolute atomic E-state index is 0.218. The standard InChI is InChI=1S/C14H12BrFN2O/c15-10-3-1-2-9(4-10)5-14(19)18-13-7-11(16)6-12(17)8-13/h1-4,6-8H,5,17H2,(H,18,19). The van der Waals surface area contributed by atoms with Crippen molar-refractivity contribution in [3.8, 4) is 0 Å². The maximum absolute atomic E-state index is 13.1. The van der Waals surface area contributed by atoms with Crippen molar-refractivity contribution >= 4 is 33.2 Å². The van der Waals surface area contributed by atoms with Gasteiger partial charge >= 0.3 is 0 Å². The van der Waals surface area contributed by atoms with Gasteiger partial charge in [0.2, 0.25) is 5.91 Å². The quantitative estimate of drug-likeness (QED) is 0.851. The van der Waals surface area contributed by atoms with Crippen molar-refractivity contribution < 1.29 is 9.18 Å². The van der Waals surface area contributed by atoms with Crippen molar-refractivity contribution in [3.05, 3.63) is 58.3 Å². The molecule has 5 heteroatoms. The molecular weight excluding hydrogens is 311 g/mol. The van der Waals surface area contributed by atoms with Gasteiger partial charge in [0.05, 0.1) is 6.42 Å². The largest absolute Gasteiger partial charge is 0.399 e. The Balaban J connectivity index is 2.05. The summed E-state index contributed by atoms with van der Waals surface area (Å²) in [6, 6.07) is 11.4. The van der Waals surface area contributed by atoms with Crippen molar-refractivity contribution in [1.82, 2.24) is 0 Å². The molecule has 1 amide bonds. The second-order valence-corrected chi connectivity index (χ2v) is 5.04. The molecule has 2 aromatic rings. The molecule has 0 saturated heterocycles. The van der Waals surface area contributed by atoms with Gasteiger partial charge in [0.1, 0.15) is 5.82 Å². The summed E-state index contributed by atoms with van der Waals surface area (Å²) >= 11 is 3.34. The number of halogens is 2. The first-order valence-electron chi connectivity index (χ1n) is 5.63. The lowest BCUT2D eigenvalue weighted by atomic mass is 10.1. The minimum Gasteiger partial charge on any atom is -0.399 e. The van der Waals surface area contributed by atoms with E-state index in [4.69, 9.17) is 5.73 Å². The number of benzene rings is 2. The summed E-state index contributed by atoms with van der Waals surface area (Å²) in [6.07, 6.45) is 0.218. The minimum atomic E-state index is -0.474. The van der Waals surface area contributed by atoms with Crippen LogP contribution in [0.3, 0.4) is 0 Å². The lowest BCUT2D eigenvalue weighted by Crippen LogP contribution is -2.14. The third-order valence-electron chi connectivity index (χ3n) is 2.46. The normalized spacial score (nSPS) is 10.2. The van der Waals surface area contributed by atoms with Crippen molar-refractivity contribution in [3.63, 3.8) is 0 Å². The van der Waals surface area contributed by atoms with Crippen LogP contribution in [0.1, 0.15) is 5.56 Å². The third-order valence-corrected chi connectivity index (χ3v) is 2.95. The number of carbonyl (C=O) groups is 1. The third kappa shape index (κ3) is 4.06. The number of hydrogen-bond acceptors (Lipinski definition) is 2. The molecule has 2 rings (SSSR count). The number of nitrogens with two attached hydrogens (primary N) is 1. The Bertz CT molecular complexity index is 596. The Kier molecular flexibility index (Phi) is 4.16. The average molecular weight is 323 g/mol. The molecule has 0 aliphatic heterocycles. The van der Waals surface area contributed by atoms with E-state index in [2.05, 4.69) is 21.2 Å². The molecule has 0 fully saturated rings. The molecule has 0 aliphatic rings. The van der Waals surface area contributed by atoms with Crippen LogP contribution in [0.4, 0.5) is 15.8 Å². The average Bonchev–Trinajstić information content (AvgIpc) is 2.26. The van der Waals surface area contributed by atoms with Crippen molar-refractivity contribution in [2.24, 2.45) is 0 Å². The molecule has 0 atom stereocenters. The first-order valence-corrected chi connectivity index (χ1v) is 6.42. The number of carbonyl (C=O) groups excluding carboxylic acids is 1. The lowest BCUT2D eigenvalue weighted by molar-refractivity contribution is -0.115. The van der Waals surface area contributed by atoms with E-state index in [-0.39, 0.29) is 18.0 Å². The molecule has 2 aromatic carbocycles. The second-order valence-electron chi connectivity index (χ2n) is 4.13. The van der Waals surface area contributed by atoms with Gasteiger partial charge in [0.15, 0.2) is 0 Å². The zero-order valence-electron chi connectivity index (χ0n) is 9.99. The van der Waals surface area contributed by atoms with E-state index in [1.807, 2.05) is 24.3 Å². The zero-order valence-corrected chi connectivity index (χ0v) is 11.6. The fraction of sp³-hybridized carbons (Fsp3) is 0.0714. The van der Waals surface area contributed by atoms with E-state index in [9.17, 15) is 9.18 Å². The molecule has 3 nitrogen and oxygen atoms in total. The van der Waals surface area contributed by atoms with Crippen LogP contribution in [0.2, 0.25) is 0 Å². The Morgan fingerprint density at radius 2 is 2.05 bits per heavy atom. The Labute approximate surface area is 118 Å². The molecule has 0 aliphatic carbocycles. The van der Waals surface area contributed by atoms with Gasteiger partial charge in [0.25, 0.3) is 0 Å². The number of hydrogen-bond donors (Lipinski definition) is 2. The predicted octanol–water partition coefficient (Wildman–Crippen LogP) is 3.35. The van der Waals surface area contributed by atoms with Gasteiger partial charge in [-0.2, -0.15) is 0 Å². The molecule has 19 heavy (non-hydrogen) atoms. The smallest absolute Gasteiger partial charge is 0.228 e. The Morgan fingerprint density at radius 3 is 2.74 bits per heavy atom. The zero-order chi connectivity index (χ0) is 13.8. The van der Waals surface area contributed by atoms with Crippen LogP contribution >= 0.6 is 15.9 Å². The molecule has 0 saturated carbocycles. The van der Waals surface area contributed by atoms with Crippen LogP contribution < -0.4 is 11.1 Å². The predicted molar refractivity (Wildman–Crippen MR) is 77.3 cm³/mol. The number of rotatable bonds is 3. The fourth-order valence-electron chi connectivity index (χ4n) is 1.72. The van der Waals surface area contributed by atoms with E-state index in [1.54, 1.807) is 0 Å². The number of nitrogen functional groups attached to an aromatic ring is 1. The van der Waals surface area contributed by atoms with Crippen LogP contribution in [-0.2, 0) is 11.2 Å². The van der Waals surface area contributed by atoms with E-state index in [0.717, 1.165) is 10.0 Å². The molecule has 0 heterocycles. The number of anilines is 2. The van der Waals surface area contributed by atoms with Gasteiger partial charge in [-0.05, 0) is 35.9 Å². The molecule has 0 aromatic heterocycles. The van der Waals surface area contributed by atoms with Crippen molar-refractivity contribution in [1.29, 1.82) is 0 Å². The Morgan fingerprint density at radius 1 is 1.26 bits per heavy atom. The van der Waals surface area contributed by atoms with Gasteiger partial charge in [-0.3, -0.25) is 4.79 Å².